The zero-order valence-corrected chi connectivity index (χ0v) is 12.9. The Hall–Kier alpha value is -2.25. The third-order valence-corrected chi connectivity index (χ3v) is 2.71. The molecule has 0 fully saturated rings. The first kappa shape index (κ1) is 18.8. The van der Waals surface area contributed by atoms with Crippen LogP contribution in [0.1, 0.15) is 44.4 Å². The summed E-state index contributed by atoms with van der Waals surface area (Å²) in [5.74, 6) is -1.20. The Morgan fingerprint density at radius 1 is 1.17 bits per heavy atom. The highest BCUT2D eigenvalue weighted by Gasteiger charge is 2.30. The van der Waals surface area contributed by atoms with E-state index in [4.69, 9.17) is 9.84 Å². The van der Waals surface area contributed by atoms with E-state index in [0.717, 1.165) is 24.3 Å². The number of nitrogens with one attached hydrogen (secondary N) is 1. The van der Waals surface area contributed by atoms with Crippen LogP contribution in [0.2, 0.25) is 0 Å². The number of alkyl carbamates (subject to hydrolysis) is 1. The maximum Gasteiger partial charge on any atom is 0.416 e. The molecule has 0 bridgehead atoms. The quantitative estimate of drug-likeness (QED) is 0.880. The van der Waals surface area contributed by atoms with Crippen LogP contribution in [-0.4, -0.2) is 22.8 Å². The standard InChI is InChI=1S/C15H18F3NO4/c1-14(2,3)23-13(22)19-11(8-12(20)21)9-4-6-10(7-5-9)15(16,17)18/h4-7,11H,8H2,1-3H3,(H,19,22)(H,20,21). The first-order valence-corrected chi connectivity index (χ1v) is 6.77. The van der Waals surface area contributed by atoms with E-state index < -0.39 is 41.9 Å². The number of hydrogen-bond acceptors (Lipinski definition) is 3. The topological polar surface area (TPSA) is 75.6 Å². The Morgan fingerprint density at radius 3 is 2.09 bits per heavy atom. The summed E-state index contributed by atoms with van der Waals surface area (Å²) < 4.78 is 42.7. The van der Waals surface area contributed by atoms with Gasteiger partial charge in [0, 0.05) is 0 Å². The molecular weight excluding hydrogens is 315 g/mol. The van der Waals surface area contributed by atoms with Gasteiger partial charge in [-0.25, -0.2) is 4.79 Å². The molecule has 128 valence electrons. The summed E-state index contributed by atoms with van der Waals surface area (Å²) in [6.07, 6.45) is -5.81. The normalized spacial score (nSPS) is 13.3. The molecule has 1 aromatic rings. The summed E-state index contributed by atoms with van der Waals surface area (Å²) in [7, 11) is 0. The van der Waals surface area contributed by atoms with E-state index in [1.165, 1.54) is 0 Å². The van der Waals surface area contributed by atoms with Gasteiger partial charge in [-0.2, -0.15) is 13.2 Å². The third kappa shape index (κ3) is 6.58. The Balaban J connectivity index is 2.94. The lowest BCUT2D eigenvalue weighted by Gasteiger charge is -2.23. The Bertz CT molecular complexity index is 562. The van der Waals surface area contributed by atoms with Crippen molar-refractivity contribution in [2.45, 2.75) is 45.0 Å². The molecule has 0 aliphatic heterocycles. The van der Waals surface area contributed by atoms with Gasteiger partial charge in [-0.05, 0) is 38.5 Å². The van der Waals surface area contributed by atoms with Crippen molar-refractivity contribution in [3.05, 3.63) is 35.4 Å². The number of benzene rings is 1. The Kier molecular flexibility index (Phi) is 5.63. The van der Waals surface area contributed by atoms with Crippen LogP contribution in [0.25, 0.3) is 0 Å². The third-order valence-electron chi connectivity index (χ3n) is 2.71. The number of carboxylic acid groups (broad SMARTS) is 1. The summed E-state index contributed by atoms with van der Waals surface area (Å²) in [4.78, 5) is 22.6. The number of aliphatic carboxylic acids is 1. The van der Waals surface area contributed by atoms with Crippen molar-refractivity contribution in [1.29, 1.82) is 0 Å². The Labute approximate surface area is 131 Å². The number of amides is 1. The molecule has 23 heavy (non-hydrogen) atoms. The minimum atomic E-state index is -4.49. The van der Waals surface area contributed by atoms with Crippen molar-refractivity contribution >= 4 is 12.1 Å². The SMILES string of the molecule is CC(C)(C)OC(=O)NC(CC(=O)O)c1ccc(C(F)(F)F)cc1. The van der Waals surface area contributed by atoms with E-state index in [2.05, 4.69) is 5.32 Å². The molecule has 1 atom stereocenters. The van der Waals surface area contributed by atoms with E-state index >= 15 is 0 Å². The number of ether oxygens (including phenoxy) is 1. The van der Waals surface area contributed by atoms with Crippen molar-refractivity contribution in [1.82, 2.24) is 5.32 Å². The average molecular weight is 333 g/mol. The van der Waals surface area contributed by atoms with E-state index in [0.29, 0.717) is 0 Å². The molecule has 5 nitrogen and oxygen atoms in total. The highest BCUT2D eigenvalue weighted by molar-refractivity contribution is 5.72. The number of alkyl halides is 3. The van der Waals surface area contributed by atoms with Crippen molar-refractivity contribution in [2.75, 3.05) is 0 Å². The van der Waals surface area contributed by atoms with Gasteiger partial charge in [0.05, 0.1) is 18.0 Å². The number of carbonyl (C=O) groups excluding carboxylic acids is 1. The van der Waals surface area contributed by atoms with Crippen LogP contribution >= 0.6 is 0 Å². The van der Waals surface area contributed by atoms with Gasteiger partial charge < -0.3 is 15.2 Å². The second-order valence-corrected chi connectivity index (χ2v) is 5.92. The monoisotopic (exact) mass is 333 g/mol. The van der Waals surface area contributed by atoms with Gasteiger partial charge in [0.25, 0.3) is 0 Å². The van der Waals surface area contributed by atoms with Gasteiger partial charge >= 0.3 is 18.2 Å². The molecule has 0 radical (unpaired) electrons. The number of rotatable bonds is 4. The fourth-order valence-corrected chi connectivity index (χ4v) is 1.78. The van der Waals surface area contributed by atoms with Crippen molar-refractivity contribution in [3.8, 4) is 0 Å². The molecular formula is C15H18F3NO4. The fraction of sp³-hybridized carbons (Fsp3) is 0.467. The predicted molar refractivity (Wildman–Crippen MR) is 75.8 cm³/mol. The zero-order valence-electron chi connectivity index (χ0n) is 12.9. The van der Waals surface area contributed by atoms with Crippen LogP contribution in [0.3, 0.4) is 0 Å². The number of carboxylic acids is 1. The van der Waals surface area contributed by atoms with Gasteiger partial charge in [-0.3, -0.25) is 4.79 Å². The minimum Gasteiger partial charge on any atom is -0.481 e. The second-order valence-electron chi connectivity index (χ2n) is 5.92. The highest BCUT2D eigenvalue weighted by Crippen LogP contribution is 2.30. The van der Waals surface area contributed by atoms with Gasteiger partial charge in [0.2, 0.25) is 0 Å². The number of carbonyl (C=O) groups is 2. The van der Waals surface area contributed by atoms with E-state index in [1.807, 2.05) is 0 Å². The number of halogens is 3. The molecule has 0 aliphatic rings. The molecule has 8 heteroatoms. The molecule has 1 unspecified atom stereocenters. The minimum absolute atomic E-state index is 0.242. The fourth-order valence-electron chi connectivity index (χ4n) is 1.78. The molecule has 0 aromatic heterocycles. The summed E-state index contributed by atoms with van der Waals surface area (Å²) in [5, 5.41) is 11.3. The van der Waals surface area contributed by atoms with E-state index in [-0.39, 0.29) is 5.56 Å². The van der Waals surface area contributed by atoms with Crippen LogP contribution in [0.4, 0.5) is 18.0 Å². The summed E-state index contributed by atoms with van der Waals surface area (Å²) >= 11 is 0. The molecule has 0 saturated heterocycles. The van der Waals surface area contributed by atoms with Gasteiger partial charge in [0.15, 0.2) is 0 Å². The molecule has 1 rings (SSSR count). The Morgan fingerprint density at radius 2 is 1.70 bits per heavy atom. The van der Waals surface area contributed by atoms with Crippen LogP contribution in [0.15, 0.2) is 24.3 Å². The first-order valence-electron chi connectivity index (χ1n) is 6.77. The molecule has 1 aromatic carbocycles. The molecule has 2 N–H and O–H groups in total. The zero-order chi connectivity index (χ0) is 17.8. The smallest absolute Gasteiger partial charge is 0.416 e. The molecule has 0 spiro atoms. The van der Waals surface area contributed by atoms with Gasteiger partial charge in [-0.15, -0.1) is 0 Å². The molecule has 0 aliphatic carbocycles. The summed E-state index contributed by atoms with van der Waals surface area (Å²) in [6, 6.07) is 2.94. The van der Waals surface area contributed by atoms with Crippen LogP contribution in [-0.2, 0) is 15.7 Å². The van der Waals surface area contributed by atoms with Crippen molar-refractivity contribution in [2.24, 2.45) is 0 Å². The summed E-state index contributed by atoms with van der Waals surface area (Å²) in [6.45, 7) is 4.91. The molecule has 1 amide bonds. The lowest BCUT2D eigenvalue weighted by Crippen LogP contribution is -2.35. The van der Waals surface area contributed by atoms with Gasteiger partial charge in [0.1, 0.15) is 5.60 Å². The predicted octanol–water partition coefficient (Wildman–Crippen LogP) is 3.75. The lowest BCUT2D eigenvalue weighted by atomic mass is 10.0. The second kappa shape index (κ2) is 6.89. The number of hydrogen-bond donors (Lipinski definition) is 2. The van der Waals surface area contributed by atoms with Crippen LogP contribution in [0, 0.1) is 0 Å². The average Bonchev–Trinajstić information content (AvgIpc) is 2.34. The van der Waals surface area contributed by atoms with Crippen LogP contribution < -0.4 is 5.32 Å². The van der Waals surface area contributed by atoms with E-state index in [1.54, 1.807) is 20.8 Å². The van der Waals surface area contributed by atoms with Gasteiger partial charge in [-0.1, -0.05) is 12.1 Å². The lowest BCUT2D eigenvalue weighted by molar-refractivity contribution is -0.138. The van der Waals surface area contributed by atoms with Crippen LogP contribution in [0.5, 0.6) is 0 Å². The van der Waals surface area contributed by atoms with Crippen molar-refractivity contribution in [3.63, 3.8) is 0 Å². The maximum atomic E-state index is 12.5. The molecule has 0 saturated carbocycles. The highest BCUT2D eigenvalue weighted by atomic mass is 19.4. The maximum absolute atomic E-state index is 12.5. The first-order chi connectivity index (χ1) is 10.4. The van der Waals surface area contributed by atoms with E-state index in [9.17, 15) is 22.8 Å². The summed E-state index contributed by atoms with van der Waals surface area (Å²) in [5.41, 5.74) is -1.39. The molecule has 0 heterocycles. The largest absolute Gasteiger partial charge is 0.481 e. The van der Waals surface area contributed by atoms with Crippen molar-refractivity contribution < 1.29 is 32.6 Å².